The highest BCUT2D eigenvalue weighted by Crippen LogP contribution is 2.27. The lowest BCUT2D eigenvalue weighted by atomic mass is 10.2. The molecule has 0 atom stereocenters. The van der Waals surface area contributed by atoms with Gasteiger partial charge in [0, 0.05) is 28.9 Å². The minimum Gasteiger partial charge on any atom is -0.302 e. The number of benzene rings is 1. The highest BCUT2D eigenvalue weighted by Gasteiger charge is 2.20. The van der Waals surface area contributed by atoms with Gasteiger partial charge in [0.1, 0.15) is 5.02 Å². The largest absolute Gasteiger partial charge is 0.302 e. The van der Waals surface area contributed by atoms with Crippen molar-refractivity contribution in [3.8, 4) is 0 Å². The molecule has 1 N–H and O–H groups in total. The average molecular weight is 433 g/mol. The Bertz CT molecular complexity index is 975. The first-order valence-corrected chi connectivity index (χ1v) is 8.95. The van der Waals surface area contributed by atoms with Gasteiger partial charge in [-0.2, -0.15) is 10.2 Å². The van der Waals surface area contributed by atoms with Crippen LogP contribution in [0.5, 0.6) is 0 Å². The lowest BCUT2D eigenvalue weighted by Gasteiger charge is -2.06. The van der Waals surface area contributed by atoms with Crippen LogP contribution in [0.2, 0.25) is 20.1 Å². The molecule has 0 bridgehead atoms. The molecule has 2 aromatic heterocycles. The minimum atomic E-state index is -0.498. The van der Waals surface area contributed by atoms with Crippen molar-refractivity contribution in [1.82, 2.24) is 19.6 Å². The third kappa shape index (κ3) is 3.69. The number of nitrogens with one attached hydrogen (secondary N) is 1. The van der Waals surface area contributed by atoms with Gasteiger partial charge in [-0.3, -0.25) is 14.2 Å². The molecule has 26 heavy (non-hydrogen) atoms. The standard InChI is InChI=1S/C16H13Cl4N5O/c1-8-13(20)14(22-24(8)2)16(26)21-15-12(19)7-25(23-15)6-9-10(17)4-3-5-11(9)18/h3-5,7H,6H2,1-2H3,(H,21,23,26). The summed E-state index contributed by atoms with van der Waals surface area (Å²) >= 11 is 24.6. The van der Waals surface area contributed by atoms with Crippen LogP contribution in [-0.2, 0) is 13.6 Å². The SMILES string of the molecule is Cc1c(Cl)c(C(=O)Nc2nn(Cc3c(Cl)cccc3Cl)cc2Cl)nn1C. The molecule has 6 nitrogen and oxygen atoms in total. The number of amides is 1. The van der Waals surface area contributed by atoms with Gasteiger partial charge in [0.25, 0.3) is 5.91 Å². The Morgan fingerprint density at radius 2 is 1.77 bits per heavy atom. The highest BCUT2D eigenvalue weighted by molar-refractivity contribution is 6.36. The summed E-state index contributed by atoms with van der Waals surface area (Å²) in [7, 11) is 1.70. The summed E-state index contributed by atoms with van der Waals surface area (Å²) in [6.45, 7) is 2.07. The van der Waals surface area contributed by atoms with E-state index in [1.54, 1.807) is 38.4 Å². The molecule has 3 rings (SSSR count). The monoisotopic (exact) mass is 431 g/mol. The first kappa shape index (κ1) is 19.0. The molecule has 0 saturated carbocycles. The van der Waals surface area contributed by atoms with Crippen molar-refractivity contribution in [2.45, 2.75) is 13.5 Å². The number of anilines is 1. The molecule has 136 valence electrons. The van der Waals surface area contributed by atoms with E-state index in [1.807, 2.05) is 0 Å². The van der Waals surface area contributed by atoms with E-state index in [9.17, 15) is 4.79 Å². The summed E-state index contributed by atoms with van der Waals surface area (Å²) in [5.74, 6) is -0.305. The first-order valence-electron chi connectivity index (χ1n) is 7.44. The molecule has 2 heterocycles. The van der Waals surface area contributed by atoms with Crippen LogP contribution in [0.4, 0.5) is 5.82 Å². The van der Waals surface area contributed by atoms with E-state index in [1.165, 1.54) is 9.36 Å². The molecule has 0 aliphatic rings. The van der Waals surface area contributed by atoms with Crippen molar-refractivity contribution in [3.63, 3.8) is 0 Å². The molecule has 0 aliphatic heterocycles. The predicted molar refractivity (Wildman–Crippen MR) is 104 cm³/mol. The zero-order valence-corrected chi connectivity index (χ0v) is 16.7. The number of carbonyl (C=O) groups is 1. The van der Waals surface area contributed by atoms with Crippen molar-refractivity contribution < 1.29 is 4.79 Å². The van der Waals surface area contributed by atoms with Crippen LogP contribution in [0.25, 0.3) is 0 Å². The predicted octanol–water partition coefficient (Wildman–Crippen LogP) is 4.84. The van der Waals surface area contributed by atoms with Crippen molar-refractivity contribution in [1.29, 1.82) is 0 Å². The van der Waals surface area contributed by atoms with Gasteiger partial charge in [0.05, 0.1) is 17.3 Å². The lowest BCUT2D eigenvalue weighted by Crippen LogP contribution is -2.14. The van der Waals surface area contributed by atoms with Crippen molar-refractivity contribution in [2.24, 2.45) is 7.05 Å². The fourth-order valence-corrected chi connectivity index (χ4v) is 3.26. The lowest BCUT2D eigenvalue weighted by molar-refractivity contribution is 0.102. The Labute approximate surface area is 169 Å². The van der Waals surface area contributed by atoms with Gasteiger partial charge < -0.3 is 5.32 Å². The summed E-state index contributed by atoms with van der Waals surface area (Å²) < 4.78 is 3.06. The van der Waals surface area contributed by atoms with Crippen LogP contribution >= 0.6 is 46.4 Å². The van der Waals surface area contributed by atoms with Crippen molar-refractivity contribution >= 4 is 58.1 Å². The van der Waals surface area contributed by atoms with Crippen molar-refractivity contribution in [3.05, 3.63) is 61.4 Å². The Balaban J connectivity index is 1.82. The topological polar surface area (TPSA) is 64.7 Å². The zero-order chi connectivity index (χ0) is 19.0. The van der Waals surface area contributed by atoms with Gasteiger partial charge in [-0.25, -0.2) is 0 Å². The Kier molecular flexibility index (Phi) is 5.48. The van der Waals surface area contributed by atoms with Crippen LogP contribution in [0, 0.1) is 6.92 Å². The number of aromatic nitrogens is 4. The molecule has 3 aromatic rings. The summed E-state index contributed by atoms with van der Waals surface area (Å²) in [5, 5.41) is 12.6. The van der Waals surface area contributed by atoms with Gasteiger partial charge in [-0.05, 0) is 19.1 Å². The number of nitrogens with zero attached hydrogens (tertiary/aromatic N) is 4. The number of hydrogen-bond donors (Lipinski definition) is 1. The van der Waals surface area contributed by atoms with Crippen LogP contribution in [-0.4, -0.2) is 25.5 Å². The molecule has 1 aromatic carbocycles. The van der Waals surface area contributed by atoms with Crippen LogP contribution in [0.3, 0.4) is 0 Å². The zero-order valence-electron chi connectivity index (χ0n) is 13.7. The fourth-order valence-electron chi connectivity index (χ4n) is 2.30. The number of aryl methyl sites for hydroxylation is 1. The molecule has 0 radical (unpaired) electrons. The molecule has 10 heteroatoms. The van der Waals surface area contributed by atoms with E-state index >= 15 is 0 Å². The van der Waals surface area contributed by atoms with E-state index in [0.29, 0.717) is 27.8 Å². The maximum absolute atomic E-state index is 12.4. The van der Waals surface area contributed by atoms with E-state index in [-0.39, 0.29) is 21.6 Å². The quantitative estimate of drug-likeness (QED) is 0.641. The van der Waals surface area contributed by atoms with Gasteiger partial charge >= 0.3 is 0 Å². The third-order valence-corrected chi connectivity index (χ3v) is 5.24. The summed E-state index contributed by atoms with van der Waals surface area (Å²) in [6.07, 6.45) is 1.57. The first-order chi connectivity index (χ1) is 12.3. The third-order valence-electron chi connectivity index (χ3n) is 3.81. The summed E-state index contributed by atoms with van der Waals surface area (Å²) in [4.78, 5) is 12.4. The number of rotatable bonds is 4. The van der Waals surface area contributed by atoms with E-state index in [2.05, 4.69) is 15.5 Å². The van der Waals surface area contributed by atoms with E-state index in [0.717, 1.165) is 0 Å². The molecule has 0 unspecified atom stereocenters. The van der Waals surface area contributed by atoms with Gasteiger partial charge in [-0.15, -0.1) is 0 Å². The normalized spacial score (nSPS) is 11.0. The van der Waals surface area contributed by atoms with Crippen LogP contribution < -0.4 is 5.32 Å². The number of halogens is 4. The summed E-state index contributed by atoms with van der Waals surface area (Å²) in [5.41, 5.74) is 1.49. The van der Waals surface area contributed by atoms with E-state index < -0.39 is 5.91 Å². The Morgan fingerprint density at radius 3 is 2.35 bits per heavy atom. The number of hydrogen-bond acceptors (Lipinski definition) is 3. The second-order valence-electron chi connectivity index (χ2n) is 5.55. The Morgan fingerprint density at radius 1 is 1.12 bits per heavy atom. The minimum absolute atomic E-state index is 0.103. The fraction of sp³-hybridized carbons (Fsp3) is 0.188. The van der Waals surface area contributed by atoms with Crippen molar-refractivity contribution in [2.75, 3.05) is 5.32 Å². The average Bonchev–Trinajstić information content (AvgIpc) is 3.05. The number of carbonyl (C=O) groups excluding carboxylic acids is 1. The molecule has 0 fully saturated rings. The second-order valence-corrected chi connectivity index (χ2v) is 7.15. The molecular formula is C16H13Cl4N5O. The molecule has 0 spiro atoms. The van der Waals surface area contributed by atoms with Crippen LogP contribution in [0.1, 0.15) is 21.7 Å². The molecule has 1 amide bonds. The maximum Gasteiger partial charge on any atom is 0.278 e. The highest BCUT2D eigenvalue weighted by atomic mass is 35.5. The molecule has 0 aliphatic carbocycles. The summed E-state index contributed by atoms with van der Waals surface area (Å²) in [6, 6.07) is 5.23. The van der Waals surface area contributed by atoms with Gasteiger partial charge in [0.15, 0.2) is 11.5 Å². The smallest absolute Gasteiger partial charge is 0.278 e. The van der Waals surface area contributed by atoms with Crippen LogP contribution in [0.15, 0.2) is 24.4 Å². The van der Waals surface area contributed by atoms with E-state index in [4.69, 9.17) is 46.4 Å². The second kappa shape index (κ2) is 7.48. The van der Waals surface area contributed by atoms with Gasteiger partial charge in [0.2, 0.25) is 0 Å². The van der Waals surface area contributed by atoms with Gasteiger partial charge in [-0.1, -0.05) is 52.5 Å². The maximum atomic E-state index is 12.4. The Hall–Kier alpha value is -1.73. The molecular weight excluding hydrogens is 420 g/mol. The molecule has 0 saturated heterocycles.